The number of para-hydroxylation sites is 1. The van der Waals surface area contributed by atoms with Crippen LogP contribution >= 0.6 is 0 Å². The van der Waals surface area contributed by atoms with Crippen molar-refractivity contribution in [3.63, 3.8) is 0 Å². The van der Waals surface area contributed by atoms with E-state index in [9.17, 15) is 14.9 Å². The van der Waals surface area contributed by atoms with Crippen LogP contribution in [0.15, 0.2) is 48.5 Å². The van der Waals surface area contributed by atoms with E-state index in [1.165, 1.54) is 18.2 Å². The molecule has 0 unspecified atom stereocenters. The van der Waals surface area contributed by atoms with Crippen molar-refractivity contribution in [1.29, 1.82) is 0 Å². The van der Waals surface area contributed by atoms with Gasteiger partial charge in [-0.05, 0) is 29.8 Å². The van der Waals surface area contributed by atoms with E-state index in [0.29, 0.717) is 0 Å². The predicted molar refractivity (Wildman–Crippen MR) is 70.8 cm³/mol. The second kappa shape index (κ2) is 5.83. The molecule has 0 fully saturated rings. The molecule has 0 aliphatic rings. The lowest BCUT2D eigenvalue weighted by Crippen LogP contribution is -2.03. The minimum Gasteiger partial charge on any atom is -0.488 e. The van der Waals surface area contributed by atoms with Gasteiger partial charge in [0.1, 0.15) is 17.9 Å². The van der Waals surface area contributed by atoms with Gasteiger partial charge in [0.15, 0.2) is 0 Å². The number of carboxylic acid groups (broad SMARTS) is 1. The zero-order chi connectivity index (χ0) is 14.5. The van der Waals surface area contributed by atoms with E-state index in [1.807, 2.05) is 0 Å². The normalized spacial score (nSPS) is 10.0. The summed E-state index contributed by atoms with van der Waals surface area (Å²) in [5.41, 5.74) is 0.796. The lowest BCUT2D eigenvalue weighted by atomic mass is 10.2. The van der Waals surface area contributed by atoms with E-state index in [1.54, 1.807) is 30.3 Å². The Morgan fingerprint density at radius 1 is 1.15 bits per heavy atom. The molecule has 0 heterocycles. The van der Waals surface area contributed by atoms with Gasteiger partial charge in [-0.3, -0.25) is 10.1 Å². The van der Waals surface area contributed by atoms with Gasteiger partial charge in [0, 0.05) is 12.1 Å². The fraction of sp³-hybridized carbons (Fsp3) is 0.0714. The monoisotopic (exact) mass is 273 g/mol. The minimum absolute atomic E-state index is 0.000291. The Labute approximate surface area is 114 Å². The summed E-state index contributed by atoms with van der Waals surface area (Å²) in [6.45, 7) is 0.141. The van der Waals surface area contributed by atoms with Crippen LogP contribution in [0.5, 0.6) is 5.75 Å². The van der Waals surface area contributed by atoms with Gasteiger partial charge in [-0.25, -0.2) is 4.79 Å². The number of carboxylic acids is 1. The predicted octanol–water partition coefficient (Wildman–Crippen LogP) is 2.87. The van der Waals surface area contributed by atoms with E-state index < -0.39 is 10.9 Å². The zero-order valence-electron chi connectivity index (χ0n) is 10.4. The fourth-order valence-corrected chi connectivity index (χ4v) is 1.64. The molecule has 0 saturated carbocycles. The number of rotatable bonds is 5. The van der Waals surface area contributed by atoms with Crippen molar-refractivity contribution in [1.82, 2.24) is 0 Å². The van der Waals surface area contributed by atoms with Crippen LogP contribution in [0.25, 0.3) is 0 Å². The highest BCUT2D eigenvalue weighted by Gasteiger charge is 2.10. The molecule has 0 aliphatic heterocycles. The molecule has 0 atom stereocenters. The Morgan fingerprint density at radius 2 is 1.80 bits per heavy atom. The standard InChI is InChI=1S/C14H11NO5/c16-14(17)12-3-1-2-4-13(12)20-9-10-5-7-11(8-6-10)15(18)19/h1-8H,9H2,(H,16,17). The second-order valence-corrected chi connectivity index (χ2v) is 4.01. The van der Waals surface area contributed by atoms with E-state index in [0.717, 1.165) is 5.56 Å². The van der Waals surface area contributed by atoms with E-state index in [4.69, 9.17) is 9.84 Å². The van der Waals surface area contributed by atoms with Crippen molar-refractivity contribution >= 4 is 11.7 Å². The van der Waals surface area contributed by atoms with E-state index in [-0.39, 0.29) is 23.6 Å². The molecule has 2 aromatic carbocycles. The van der Waals surface area contributed by atoms with Crippen molar-refractivity contribution in [2.45, 2.75) is 6.61 Å². The van der Waals surface area contributed by atoms with Crippen LogP contribution in [-0.4, -0.2) is 16.0 Å². The topological polar surface area (TPSA) is 89.7 Å². The molecule has 1 N–H and O–H groups in total. The number of carbonyl (C=O) groups is 1. The number of aromatic carboxylic acids is 1. The summed E-state index contributed by atoms with van der Waals surface area (Å²) >= 11 is 0. The molecule has 0 aromatic heterocycles. The first-order chi connectivity index (χ1) is 9.58. The summed E-state index contributed by atoms with van der Waals surface area (Å²) in [6.07, 6.45) is 0. The largest absolute Gasteiger partial charge is 0.488 e. The van der Waals surface area contributed by atoms with Gasteiger partial charge in [0.2, 0.25) is 0 Å². The van der Waals surface area contributed by atoms with Crippen molar-refractivity contribution < 1.29 is 19.6 Å². The molecule has 0 amide bonds. The number of nitro groups is 1. The van der Waals surface area contributed by atoms with Crippen LogP contribution in [-0.2, 0) is 6.61 Å². The smallest absolute Gasteiger partial charge is 0.339 e. The molecule has 102 valence electrons. The lowest BCUT2D eigenvalue weighted by Gasteiger charge is -2.08. The van der Waals surface area contributed by atoms with Crippen molar-refractivity contribution in [3.8, 4) is 5.75 Å². The number of nitrogens with zero attached hydrogens (tertiary/aromatic N) is 1. The molecular weight excluding hydrogens is 262 g/mol. The highest BCUT2D eigenvalue weighted by Crippen LogP contribution is 2.20. The molecule has 0 saturated heterocycles. The van der Waals surface area contributed by atoms with Crippen LogP contribution in [0.4, 0.5) is 5.69 Å². The van der Waals surface area contributed by atoms with Gasteiger partial charge in [0.25, 0.3) is 5.69 Å². The minimum atomic E-state index is -1.07. The average molecular weight is 273 g/mol. The number of benzene rings is 2. The lowest BCUT2D eigenvalue weighted by molar-refractivity contribution is -0.384. The molecule has 0 aliphatic carbocycles. The number of hydrogen-bond acceptors (Lipinski definition) is 4. The number of hydrogen-bond donors (Lipinski definition) is 1. The number of nitro benzene ring substituents is 1. The number of non-ortho nitro benzene ring substituents is 1. The first-order valence-electron chi connectivity index (χ1n) is 5.76. The molecule has 0 bridgehead atoms. The maximum absolute atomic E-state index is 11.0. The Bertz CT molecular complexity index is 636. The van der Waals surface area contributed by atoms with Crippen LogP contribution in [0.3, 0.4) is 0 Å². The molecule has 0 spiro atoms. The van der Waals surface area contributed by atoms with Crippen molar-refractivity contribution in [2.24, 2.45) is 0 Å². The third-order valence-corrected chi connectivity index (χ3v) is 2.66. The Balaban J connectivity index is 2.09. The van der Waals surface area contributed by atoms with Crippen LogP contribution in [0.2, 0.25) is 0 Å². The average Bonchev–Trinajstić information content (AvgIpc) is 2.45. The van der Waals surface area contributed by atoms with Crippen molar-refractivity contribution in [2.75, 3.05) is 0 Å². The first kappa shape index (κ1) is 13.5. The Morgan fingerprint density at radius 3 is 2.40 bits per heavy atom. The van der Waals surface area contributed by atoms with E-state index in [2.05, 4.69) is 0 Å². The Hall–Kier alpha value is -2.89. The summed E-state index contributed by atoms with van der Waals surface area (Å²) in [6, 6.07) is 12.2. The molecule has 0 radical (unpaired) electrons. The molecule has 6 heteroatoms. The van der Waals surface area contributed by atoms with Gasteiger partial charge < -0.3 is 9.84 Å². The van der Waals surface area contributed by atoms with Gasteiger partial charge >= 0.3 is 5.97 Å². The van der Waals surface area contributed by atoms with Crippen LogP contribution in [0, 0.1) is 10.1 Å². The Kier molecular flexibility index (Phi) is 3.95. The summed E-state index contributed by atoms with van der Waals surface area (Å²) in [5, 5.41) is 19.5. The van der Waals surface area contributed by atoms with Crippen LogP contribution in [0.1, 0.15) is 15.9 Å². The summed E-state index contributed by atoms with van der Waals surface area (Å²) < 4.78 is 5.43. The third-order valence-electron chi connectivity index (χ3n) is 2.66. The summed E-state index contributed by atoms with van der Waals surface area (Å²) in [5.74, 6) is -0.803. The third kappa shape index (κ3) is 3.11. The van der Waals surface area contributed by atoms with Crippen molar-refractivity contribution in [3.05, 3.63) is 69.8 Å². The van der Waals surface area contributed by atoms with Gasteiger partial charge in [0.05, 0.1) is 4.92 Å². The first-order valence-corrected chi connectivity index (χ1v) is 5.76. The summed E-state index contributed by atoms with van der Waals surface area (Å²) in [4.78, 5) is 21.0. The molecule has 2 aromatic rings. The highest BCUT2D eigenvalue weighted by molar-refractivity contribution is 5.90. The molecule has 20 heavy (non-hydrogen) atoms. The molecular formula is C14H11NO5. The van der Waals surface area contributed by atoms with Gasteiger partial charge in [-0.1, -0.05) is 12.1 Å². The zero-order valence-corrected chi connectivity index (χ0v) is 10.4. The SMILES string of the molecule is O=C(O)c1ccccc1OCc1ccc([N+](=O)[O-])cc1. The van der Waals surface area contributed by atoms with Gasteiger partial charge in [-0.15, -0.1) is 0 Å². The number of ether oxygens (including phenoxy) is 1. The van der Waals surface area contributed by atoms with Crippen LogP contribution < -0.4 is 4.74 Å². The highest BCUT2D eigenvalue weighted by atomic mass is 16.6. The second-order valence-electron chi connectivity index (χ2n) is 4.01. The molecule has 6 nitrogen and oxygen atoms in total. The molecule has 2 rings (SSSR count). The fourth-order valence-electron chi connectivity index (χ4n) is 1.64. The maximum atomic E-state index is 11.0. The summed E-state index contributed by atoms with van der Waals surface area (Å²) in [7, 11) is 0. The van der Waals surface area contributed by atoms with Gasteiger partial charge in [-0.2, -0.15) is 0 Å². The maximum Gasteiger partial charge on any atom is 0.339 e. The quantitative estimate of drug-likeness (QED) is 0.668. The van der Waals surface area contributed by atoms with E-state index >= 15 is 0 Å².